The molecule has 0 bridgehead atoms. The quantitative estimate of drug-likeness (QED) is 0.785. The van der Waals surface area contributed by atoms with Crippen molar-refractivity contribution < 1.29 is 0 Å². The summed E-state index contributed by atoms with van der Waals surface area (Å²) in [7, 11) is 0. The molecule has 2 atom stereocenters. The minimum Gasteiger partial charge on any atom is -0.316 e. The smallest absolute Gasteiger partial charge is 0.0897 e. The molecule has 0 saturated heterocycles. The van der Waals surface area contributed by atoms with Crippen molar-refractivity contribution in [3.05, 3.63) is 16.1 Å². The zero-order chi connectivity index (χ0) is 14.4. The molecule has 20 heavy (non-hydrogen) atoms. The summed E-state index contributed by atoms with van der Waals surface area (Å²) >= 11 is 1.79. The molecule has 1 saturated carbocycles. The normalized spacial score (nSPS) is 24.0. The second-order valence-corrected chi connectivity index (χ2v) is 7.83. The molecule has 1 aromatic rings. The highest BCUT2D eigenvalue weighted by Gasteiger charge is 2.24. The third-order valence-corrected chi connectivity index (χ3v) is 5.24. The number of nitrogens with one attached hydrogen (secondary N) is 1. The molecule has 0 amide bonds. The monoisotopic (exact) mass is 294 g/mol. The van der Waals surface area contributed by atoms with Gasteiger partial charge in [-0.15, -0.1) is 11.3 Å². The Labute approximate surface area is 128 Å². The number of hydrogen-bond donors (Lipinski definition) is 1. The van der Waals surface area contributed by atoms with Crippen LogP contribution in [0.1, 0.15) is 56.7 Å². The Balaban J connectivity index is 1.90. The van der Waals surface area contributed by atoms with Crippen molar-refractivity contribution in [3.63, 3.8) is 0 Å². The molecule has 3 heteroatoms. The van der Waals surface area contributed by atoms with Gasteiger partial charge in [-0.05, 0) is 57.0 Å². The molecule has 2 rings (SSSR count). The van der Waals surface area contributed by atoms with Crippen LogP contribution in [0.15, 0.2) is 5.38 Å². The first-order chi connectivity index (χ1) is 9.65. The Morgan fingerprint density at radius 1 is 1.25 bits per heavy atom. The molecular formula is C17H30N2S. The van der Waals surface area contributed by atoms with Gasteiger partial charge in [-0.25, -0.2) is 4.98 Å². The van der Waals surface area contributed by atoms with Gasteiger partial charge in [0.2, 0.25) is 0 Å². The maximum absolute atomic E-state index is 4.68. The number of rotatable bonds is 6. The topological polar surface area (TPSA) is 24.9 Å². The molecule has 1 aliphatic rings. The molecule has 1 fully saturated rings. The Kier molecular flexibility index (Phi) is 6.50. The average molecular weight is 295 g/mol. The molecule has 0 radical (unpaired) electrons. The fourth-order valence-electron chi connectivity index (χ4n) is 3.33. The van der Waals surface area contributed by atoms with Crippen molar-refractivity contribution in [2.75, 3.05) is 13.1 Å². The number of thiazole rings is 1. The number of nitrogens with zero attached hydrogens (tertiary/aromatic N) is 1. The van der Waals surface area contributed by atoms with Gasteiger partial charge >= 0.3 is 0 Å². The maximum Gasteiger partial charge on any atom is 0.0897 e. The highest BCUT2D eigenvalue weighted by Crippen LogP contribution is 2.31. The van der Waals surface area contributed by atoms with E-state index < -0.39 is 0 Å². The van der Waals surface area contributed by atoms with Gasteiger partial charge in [-0.1, -0.05) is 33.1 Å². The molecule has 1 aliphatic carbocycles. The van der Waals surface area contributed by atoms with Crippen LogP contribution < -0.4 is 5.32 Å². The summed E-state index contributed by atoms with van der Waals surface area (Å²) in [5, 5.41) is 7.16. The van der Waals surface area contributed by atoms with E-state index in [-0.39, 0.29) is 0 Å². The molecular weight excluding hydrogens is 264 g/mol. The molecule has 1 N–H and O–H groups in total. The van der Waals surface area contributed by atoms with Crippen molar-refractivity contribution in [2.45, 2.75) is 59.3 Å². The van der Waals surface area contributed by atoms with E-state index in [0.717, 1.165) is 24.3 Å². The highest BCUT2D eigenvalue weighted by atomic mass is 32.1. The van der Waals surface area contributed by atoms with Gasteiger partial charge in [0.25, 0.3) is 0 Å². The maximum atomic E-state index is 4.68. The summed E-state index contributed by atoms with van der Waals surface area (Å²) in [6.45, 7) is 9.04. The van der Waals surface area contributed by atoms with Crippen LogP contribution in [0, 0.1) is 24.7 Å². The van der Waals surface area contributed by atoms with E-state index in [1.165, 1.54) is 55.8 Å². The fourth-order valence-corrected chi connectivity index (χ4v) is 3.95. The summed E-state index contributed by atoms with van der Waals surface area (Å²) in [6.07, 6.45) is 8.24. The number of aromatic nitrogens is 1. The van der Waals surface area contributed by atoms with E-state index in [1.54, 1.807) is 11.3 Å². The van der Waals surface area contributed by atoms with E-state index in [1.807, 2.05) is 0 Å². The Morgan fingerprint density at radius 3 is 2.65 bits per heavy atom. The van der Waals surface area contributed by atoms with Crippen LogP contribution >= 0.6 is 11.3 Å². The van der Waals surface area contributed by atoms with E-state index in [9.17, 15) is 0 Å². The lowest BCUT2D eigenvalue weighted by Gasteiger charge is -2.25. The molecule has 1 heterocycles. The average Bonchev–Trinajstić information content (AvgIpc) is 2.67. The third kappa shape index (κ3) is 5.17. The lowest BCUT2D eigenvalue weighted by Crippen LogP contribution is -2.31. The van der Waals surface area contributed by atoms with E-state index in [2.05, 4.69) is 36.5 Å². The zero-order valence-corrected chi connectivity index (χ0v) is 14.1. The van der Waals surface area contributed by atoms with Crippen LogP contribution in [0.3, 0.4) is 0 Å². The highest BCUT2D eigenvalue weighted by molar-refractivity contribution is 7.09. The molecule has 0 spiro atoms. The SMILES string of the molecule is Cc1nc(CC2CCCCCC2CNCC(C)C)cs1. The van der Waals surface area contributed by atoms with Crippen molar-refractivity contribution in [1.29, 1.82) is 0 Å². The van der Waals surface area contributed by atoms with Crippen LogP contribution in [0.4, 0.5) is 0 Å². The minimum absolute atomic E-state index is 0.750. The van der Waals surface area contributed by atoms with Crippen LogP contribution in [0.2, 0.25) is 0 Å². The van der Waals surface area contributed by atoms with Crippen LogP contribution in [0.5, 0.6) is 0 Å². The summed E-state index contributed by atoms with van der Waals surface area (Å²) in [5.41, 5.74) is 1.33. The van der Waals surface area contributed by atoms with Crippen molar-refractivity contribution in [2.24, 2.45) is 17.8 Å². The van der Waals surface area contributed by atoms with Gasteiger partial charge in [-0.2, -0.15) is 0 Å². The molecule has 0 aromatic carbocycles. The molecule has 2 nitrogen and oxygen atoms in total. The lowest BCUT2D eigenvalue weighted by atomic mass is 9.84. The van der Waals surface area contributed by atoms with Crippen molar-refractivity contribution in [3.8, 4) is 0 Å². The largest absolute Gasteiger partial charge is 0.316 e. The summed E-state index contributed by atoms with van der Waals surface area (Å²) in [5.74, 6) is 2.43. The molecule has 0 aliphatic heterocycles. The standard InChI is InChI=1S/C17H30N2S/c1-13(2)10-18-11-16-8-6-4-5-7-15(16)9-17-12-20-14(3)19-17/h12-13,15-16,18H,4-11H2,1-3H3. The fraction of sp³-hybridized carbons (Fsp3) is 0.824. The van der Waals surface area contributed by atoms with E-state index >= 15 is 0 Å². The van der Waals surface area contributed by atoms with Crippen molar-refractivity contribution >= 4 is 11.3 Å². The lowest BCUT2D eigenvalue weighted by molar-refractivity contribution is 0.292. The molecule has 114 valence electrons. The van der Waals surface area contributed by atoms with Gasteiger partial charge in [0.05, 0.1) is 10.7 Å². The second-order valence-electron chi connectivity index (χ2n) is 6.77. The Hall–Kier alpha value is -0.410. The third-order valence-electron chi connectivity index (χ3n) is 4.41. The first-order valence-electron chi connectivity index (χ1n) is 8.27. The summed E-state index contributed by atoms with van der Waals surface area (Å²) < 4.78 is 0. The minimum atomic E-state index is 0.750. The van der Waals surface area contributed by atoms with Gasteiger partial charge in [0, 0.05) is 5.38 Å². The number of aryl methyl sites for hydroxylation is 1. The summed E-state index contributed by atoms with van der Waals surface area (Å²) in [4.78, 5) is 4.68. The predicted octanol–water partition coefficient (Wildman–Crippen LogP) is 4.44. The van der Waals surface area contributed by atoms with Crippen molar-refractivity contribution in [1.82, 2.24) is 10.3 Å². The zero-order valence-electron chi connectivity index (χ0n) is 13.3. The van der Waals surface area contributed by atoms with Gasteiger partial charge in [0.15, 0.2) is 0 Å². The first-order valence-corrected chi connectivity index (χ1v) is 9.15. The molecule has 2 unspecified atom stereocenters. The number of hydrogen-bond acceptors (Lipinski definition) is 3. The van der Waals surface area contributed by atoms with Crippen LogP contribution in [-0.4, -0.2) is 18.1 Å². The Morgan fingerprint density at radius 2 is 2.00 bits per heavy atom. The Bertz CT molecular complexity index is 386. The van der Waals surface area contributed by atoms with E-state index in [4.69, 9.17) is 0 Å². The molecule has 1 aromatic heterocycles. The van der Waals surface area contributed by atoms with Gasteiger partial charge in [-0.3, -0.25) is 0 Å². The van der Waals surface area contributed by atoms with Crippen LogP contribution in [-0.2, 0) is 6.42 Å². The van der Waals surface area contributed by atoms with Gasteiger partial charge < -0.3 is 5.32 Å². The second kappa shape index (κ2) is 8.14. The van der Waals surface area contributed by atoms with Gasteiger partial charge in [0.1, 0.15) is 0 Å². The summed E-state index contributed by atoms with van der Waals surface area (Å²) in [6, 6.07) is 0. The van der Waals surface area contributed by atoms with Crippen LogP contribution in [0.25, 0.3) is 0 Å². The van der Waals surface area contributed by atoms with E-state index in [0.29, 0.717) is 0 Å². The first kappa shape index (κ1) is 16.0. The predicted molar refractivity (Wildman–Crippen MR) is 88.3 cm³/mol.